The van der Waals surface area contributed by atoms with Crippen LogP contribution in [0.2, 0.25) is 0 Å². The van der Waals surface area contributed by atoms with E-state index in [0.717, 1.165) is 60.8 Å². The van der Waals surface area contributed by atoms with Gasteiger partial charge in [-0.05, 0) is 36.4 Å². The van der Waals surface area contributed by atoms with Gasteiger partial charge < -0.3 is 15.0 Å². The van der Waals surface area contributed by atoms with Gasteiger partial charge in [0, 0.05) is 38.3 Å². The largest absolute Gasteiger partial charge is 0.395 e. The van der Waals surface area contributed by atoms with Gasteiger partial charge in [-0.25, -0.2) is 9.37 Å². The standard InChI is InChI=1S/C19H21FN4O/c20-15-6-4-14(5-7-15)19-21-16-2-1-3-17(18(16)22-19)24-10-8-23(9-11-24)12-13-25/h1-7,25H,8-13H2,(H,21,22). The van der Waals surface area contributed by atoms with Crippen molar-refractivity contribution in [1.82, 2.24) is 14.9 Å². The number of benzene rings is 2. The van der Waals surface area contributed by atoms with Gasteiger partial charge in [-0.1, -0.05) is 6.07 Å². The van der Waals surface area contributed by atoms with Crippen LogP contribution in [0.3, 0.4) is 0 Å². The monoisotopic (exact) mass is 340 g/mol. The zero-order valence-corrected chi connectivity index (χ0v) is 14.0. The molecule has 2 heterocycles. The molecule has 1 aliphatic heterocycles. The summed E-state index contributed by atoms with van der Waals surface area (Å²) in [6.45, 7) is 4.64. The molecule has 130 valence electrons. The molecule has 0 aliphatic carbocycles. The molecule has 0 amide bonds. The van der Waals surface area contributed by atoms with Crippen LogP contribution in [-0.2, 0) is 0 Å². The van der Waals surface area contributed by atoms with Gasteiger partial charge in [-0.15, -0.1) is 0 Å². The minimum absolute atomic E-state index is 0.204. The molecule has 0 radical (unpaired) electrons. The molecule has 25 heavy (non-hydrogen) atoms. The zero-order chi connectivity index (χ0) is 17.2. The molecule has 1 aromatic heterocycles. The quantitative estimate of drug-likeness (QED) is 0.766. The van der Waals surface area contributed by atoms with Gasteiger partial charge in [0.2, 0.25) is 0 Å². The molecule has 1 aliphatic rings. The molecular formula is C19H21FN4O. The van der Waals surface area contributed by atoms with Gasteiger partial charge in [0.1, 0.15) is 17.2 Å². The van der Waals surface area contributed by atoms with Crippen molar-refractivity contribution in [3.05, 3.63) is 48.3 Å². The Morgan fingerprint density at radius 1 is 1.04 bits per heavy atom. The lowest BCUT2D eigenvalue weighted by atomic mass is 10.2. The van der Waals surface area contributed by atoms with E-state index in [4.69, 9.17) is 10.1 Å². The predicted molar refractivity (Wildman–Crippen MR) is 97.2 cm³/mol. The minimum Gasteiger partial charge on any atom is -0.395 e. The normalized spacial score (nSPS) is 15.8. The van der Waals surface area contributed by atoms with E-state index >= 15 is 0 Å². The average Bonchev–Trinajstić information content (AvgIpc) is 3.07. The molecule has 0 spiro atoms. The van der Waals surface area contributed by atoms with Gasteiger partial charge in [-0.3, -0.25) is 4.90 Å². The fourth-order valence-corrected chi connectivity index (χ4v) is 3.37. The topological polar surface area (TPSA) is 55.4 Å². The lowest BCUT2D eigenvalue weighted by molar-refractivity contribution is 0.189. The number of anilines is 1. The number of aliphatic hydroxyl groups excluding tert-OH is 1. The number of rotatable bonds is 4. The van der Waals surface area contributed by atoms with Crippen molar-refractivity contribution in [2.75, 3.05) is 44.2 Å². The second-order valence-corrected chi connectivity index (χ2v) is 6.32. The first kappa shape index (κ1) is 16.1. The summed E-state index contributed by atoms with van der Waals surface area (Å²) in [5.74, 6) is 0.502. The molecule has 0 unspecified atom stereocenters. The number of halogens is 1. The highest BCUT2D eigenvalue weighted by molar-refractivity contribution is 5.91. The van der Waals surface area contributed by atoms with Crippen molar-refractivity contribution in [2.24, 2.45) is 0 Å². The van der Waals surface area contributed by atoms with Gasteiger partial charge in [-0.2, -0.15) is 0 Å². The second-order valence-electron chi connectivity index (χ2n) is 6.32. The molecule has 6 heteroatoms. The Kier molecular flexibility index (Phi) is 4.38. The third-order valence-electron chi connectivity index (χ3n) is 4.74. The van der Waals surface area contributed by atoms with Gasteiger partial charge in [0.15, 0.2) is 0 Å². The van der Waals surface area contributed by atoms with Gasteiger partial charge >= 0.3 is 0 Å². The summed E-state index contributed by atoms with van der Waals surface area (Å²) in [5, 5.41) is 9.08. The number of aromatic nitrogens is 2. The van der Waals surface area contributed by atoms with Crippen LogP contribution < -0.4 is 4.90 Å². The Morgan fingerprint density at radius 2 is 1.80 bits per heavy atom. The number of imidazole rings is 1. The Balaban J connectivity index is 1.63. The van der Waals surface area contributed by atoms with Crippen LogP contribution in [0.15, 0.2) is 42.5 Å². The molecule has 0 atom stereocenters. The summed E-state index contributed by atoms with van der Waals surface area (Å²) in [5.41, 5.74) is 3.91. The molecule has 2 N–H and O–H groups in total. The van der Waals surface area contributed by atoms with E-state index in [1.54, 1.807) is 12.1 Å². The summed E-state index contributed by atoms with van der Waals surface area (Å²) in [4.78, 5) is 12.7. The number of nitrogens with zero attached hydrogens (tertiary/aromatic N) is 3. The van der Waals surface area contributed by atoms with Gasteiger partial charge in [0.05, 0.1) is 17.8 Å². The predicted octanol–water partition coefficient (Wildman–Crippen LogP) is 2.48. The second kappa shape index (κ2) is 6.82. The lowest BCUT2D eigenvalue weighted by Gasteiger charge is -2.35. The number of β-amino-alcohol motifs (C(OH)–C–C–N with tert-alkyl or cyclic N) is 1. The van der Waals surface area contributed by atoms with Crippen LogP contribution >= 0.6 is 0 Å². The van der Waals surface area contributed by atoms with E-state index in [1.807, 2.05) is 12.1 Å². The molecule has 3 aromatic rings. The third-order valence-corrected chi connectivity index (χ3v) is 4.74. The maximum atomic E-state index is 13.1. The SMILES string of the molecule is OCCN1CCN(c2cccc3[nH]c(-c4ccc(F)cc4)nc23)CC1. The molecule has 1 fully saturated rings. The Morgan fingerprint density at radius 3 is 2.52 bits per heavy atom. The smallest absolute Gasteiger partial charge is 0.138 e. The van der Waals surface area contributed by atoms with Crippen molar-refractivity contribution in [1.29, 1.82) is 0 Å². The summed E-state index contributed by atoms with van der Waals surface area (Å²) in [7, 11) is 0. The van der Waals surface area contributed by atoms with Crippen LogP contribution in [0.1, 0.15) is 0 Å². The number of nitrogens with one attached hydrogen (secondary N) is 1. The van der Waals surface area contributed by atoms with Crippen LogP contribution in [-0.4, -0.2) is 59.3 Å². The Labute approximate surface area is 145 Å². The number of H-pyrrole nitrogens is 1. The first-order valence-corrected chi connectivity index (χ1v) is 8.57. The van der Waals surface area contributed by atoms with E-state index in [2.05, 4.69) is 20.9 Å². The zero-order valence-electron chi connectivity index (χ0n) is 14.0. The molecule has 1 saturated heterocycles. The minimum atomic E-state index is -0.249. The number of hydrogen-bond acceptors (Lipinski definition) is 4. The van der Waals surface area contributed by atoms with Crippen LogP contribution in [0.5, 0.6) is 0 Å². The van der Waals surface area contributed by atoms with E-state index in [0.29, 0.717) is 0 Å². The first-order chi connectivity index (χ1) is 12.2. The number of para-hydroxylation sites is 1. The van der Waals surface area contributed by atoms with Crippen molar-refractivity contribution in [3.63, 3.8) is 0 Å². The van der Waals surface area contributed by atoms with Crippen LogP contribution in [0, 0.1) is 5.82 Å². The first-order valence-electron chi connectivity index (χ1n) is 8.57. The highest BCUT2D eigenvalue weighted by atomic mass is 19.1. The maximum Gasteiger partial charge on any atom is 0.138 e. The highest BCUT2D eigenvalue weighted by Crippen LogP contribution is 2.29. The number of aliphatic hydroxyl groups is 1. The summed E-state index contributed by atoms with van der Waals surface area (Å²) in [6.07, 6.45) is 0. The van der Waals surface area contributed by atoms with Crippen LogP contribution in [0.25, 0.3) is 22.4 Å². The molecule has 2 aromatic carbocycles. The Bertz CT molecular complexity index is 853. The fourth-order valence-electron chi connectivity index (χ4n) is 3.37. The molecule has 0 bridgehead atoms. The van der Waals surface area contributed by atoms with Crippen molar-refractivity contribution >= 4 is 16.7 Å². The van der Waals surface area contributed by atoms with E-state index in [1.165, 1.54) is 12.1 Å². The number of fused-ring (bicyclic) bond motifs is 1. The fraction of sp³-hybridized carbons (Fsp3) is 0.316. The van der Waals surface area contributed by atoms with E-state index < -0.39 is 0 Å². The summed E-state index contributed by atoms with van der Waals surface area (Å²) in [6, 6.07) is 12.5. The maximum absolute atomic E-state index is 13.1. The van der Waals surface area contributed by atoms with E-state index in [9.17, 15) is 4.39 Å². The lowest BCUT2D eigenvalue weighted by Crippen LogP contribution is -2.47. The van der Waals surface area contributed by atoms with E-state index in [-0.39, 0.29) is 12.4 Å². The van der Waals surface area contributed by atoms with Crippen molar-refractivity contribution < 1.29 is 9.50 Å². The summed E-state index contributed by atoms with van der Waals surface area (Å²) < 4.78 is 13.1. The number of piperazine rings is 1. The average molecular weight is 340 g/mol. The Hall–Kier alpha value is -2.44. The molecule has 0 saturated carbocycles. The van der Waals surface area contributed by atoms with Crippen LogP contribution in [0.4, 0.5) is 10.1 Å². The third kappa shape index (κ3) is 3.23. The van der Waals surface area contributed by atoms with Crippen molar-refractivity contribution in [2.45, 2.75) is 0 Å². The number of hydrogen-bond donors (Lipinski definition) is 2. The number of aromatic amines is 1. The molecule has 5 nitrogen and oxygen atoms in total. The summed E-state index contributed by atoms with van der Waals surface area (Å²) >= 11 is 0. The van der Waals surface area contributed by atoms with Crippen molar-refractivity contribution in [3.8, 4) is 11.4 Å². The molecule has 4 rings (SSSR count). The molecular weight excluding hydrogens is 319 g/mol. The van der Waals surface area contributed by atoms with Gasteiger partial charge in [0.25, 0.3) is 0 Å². The highest BCUT2D eigenvalue weighted by Gasteiger charge is 2.19.